The molecular weight excluding hydrogens is 207 g/mol. The average molecular weight is 217 g/mol. The first-order valence-corrected chi connectivity index (χ1v) is 3.25. The Morgan fingerprint density at radius 2 is 1.71 bits per heavy atom. The van der Waals surface area contributed by atoms with Crippen LogP contribution in [0.15, 0.2) is 0 Å². The summed E-state index contributed by atoms with van der Waals surface area (Å²) < 4.78 is 31.7. The molecule has 6 nitrogen and oxygen atoms in total. The lowest BCUT2D eigenvalue weighted by atomic mass is 10.6. The zero-order chi connectivity index (χ0) is 11.8. The van der Waals surface area contributed by atoms with Gasteiger partial charge in [0.15, 0.2) is 0 Å². The van der Waals surface area contributed by atoms with Gasteiger partial charge in [0.1, 0.15) is 0 Å². The summed E-state index contributed by atoms with van der Waals surface area (Å²) in [7, 11) is 0. The van der Waals surface area contributed by atoms with Crippen LogP contribution in [0.5, 0.6) is 0 Å². The molecule has 0 aromatic rings. The molecule has 0 heterocycles. The van der Waals surface area contributed by atoms with Gasteiger partial charge in [0, 0.05) is 13.1 Å². The molecule has 0 aromatic carbocycles. The van der Waals surface area contributed by atoms with Crippen molar-refractivity contribution >= 4 is 12.0 Å². The Morgan fingerprint density at radius 3 is 1.79 bits per heavy atom. The highest BCUT2D eigenvalue weighted by atomic mass is 19.4. The van der Waals surface area contributed by atoms with E-state index in [0.29, 0.717) is 13.1 Å². The number of amides is 2. The number of aliphatic carboxylic acids is 1. The number of nitrogens with two attached hydrogens (primary N) is 2. The van der Waals surface area contributed by atoms with Crippen LogP contribution in [0.1, 0.15) is 0 Å². The maximum atomic E-state index is 10.6. The molecule has 84 valence electrons. The number of hydrogen-bond acceptors (Lipinski definition) is 3. The van der Waals surface area contributed by atoms with Gasteiger partial charge in [-0.3, -0.25) is 0 Å². The molecule has 0 rings (SSSR count). The summed E-state index contributed by atoms with van der Waals surface area (Å²) in [6, 6.07) is -0.523. The molecular formula is C5H10F3N3O3. The zero-order valence-electron chi connectivity index (χ0n) is 6.97. The second kappa shape index (κ2) is 6.95. The van der Waals surface area contributed by atoms with E-state index in [1.54, 1.807) is 0 Å². The van der Waals surface area contributed by atoms with Crippen LogP contribution in [-0.2, 0) is 4.79 Å². The number of carboxylic acid groups (broad SMARTS) is 1. The second-order valence-corrected chi connectivity index (χ2v) is 1.88. The van der Waals surface area contributed by atoms with E-state index in [0.717, 1.165) is 0 Å². The summed E-state index contributed by atoms with van der Waals surface area (Å²) in [6.07, 6.45) is -5.08. The van der Waals surface area contributed by atoms with Gasteiger partial charge in [-0.05, 0) is 0 Å². The van der Waals surface area contributed by atoms with Gasteiger partial charge >= 0.3 is 18.2 Å². The van der Waals surface area contributed by atoms with Crippen molar-refractivity contribution in [1.82, 2.24) is 5.32 Å². The molecule has 2 amide bonds. The third kappa shape index (κ3) is 13.1. The lowest BCUT2D eigenvalue weighted by Crippen LogP contribution is -2.33. The summed E-state index contributed by atoms with van der Waals surface area (Å²) in [6.45, 7) is 0.887. The maximum Gasteiger partial charge on any atom is 0.490 e. The SMILES string of the molecule is NCCNC(N)=O.O=C(O)C(F)(F)F. The van der Waals surface area contributed by atoms with E-state index in [1.165, 1.54) is 0 Å². The predicted octanol–water partition coefficient (Wildman–Crippen LogP) is -0.753. The number of halogens is 3. The van der Waals surface area contributed by atoms with Gasteiger partial charge in [0.05, 0.1) is 0 Å². The minimum Gasteiger partial charge on any atom is -0.475 e. The zero-order valence-corrected chi connectivity index (χ0v) is 6.97. The molecule has 0 saturated heterocycles. The molecule has 0 aromatic heterocycles. The smallest absolute Gasteiger partial charge is 0.475 e. The van der Waals surface area contributed by atoms with Gasteiger partial charge < -0.3 is 21.9 Å². The molecule has 0 aliphatic heterocycles. The number of nitrogens with one attached hydrogen (secondary N) is 1. The van der Waals surface area contributed by atoms with Crippen molar-refractivity contribution in [2.75, 3.05) is 13.1 Å². The first-order chi connectivity index (χ1) is 6.21. The number of carbonyl (C=O) groups excluding carboxylic acids is 1. The lowest BCUT2D eigenvalue weighted by molar-refractivity contribution is -0.192. The highest BCUT2D eigenvalue weighted by Crippen LogP contribution is 2.13. The first-order valence-electron chi connectivity index (χ1n) is 3.25. The number of carbonyl (C=O) groups is 2. The predicted molar refractivity (Wildman–Crippen MR) is 40.3 cm³/mol. The van der Waals surface area contributed by atoms with Gasteiger partial charge in [-0.2, -0.15) is 13.2 Å². The van der Waals surface area contributed by atoms with Gasteiger partial charge in [-0.1, -0.05) is 0 Å². The van der Waals surface area contributed by atoms with E-state index in [9.17, 15) is 18.0 Å². The van der Waals surface area contributed by atoms with Crippen molar-refractivity contribution in [2.45, 2.75) is 6.18 Å². The summed E-state index contributed by atoms with van der Waals surface area (Å²) in [5, 5.41) is 9.43. The van der Waals surface area contributed by atoms with Crippen LogP contribution in [0.4, 0.5) is 18.0 Å². The molecule has 0 fully saturated rings. The van der Waals surface area contributed by atoms with Crippen molar-refractivity contribution < 1.29 is 27.9 Å². The molecule has 0 saturated carbocycles. The van der Waals surface area contributed by atoms with E-state index in [4.69, 9.17) is 15.6 Å². The fourth-order valence-electron chi connectivity index (χ4n) is 0.195. The fourth-order valence-corrected chi connectivity index (χ4v) is 0.195. The fraction of sp³-hybridized carbons (Fsp3) is 0.600. The Kier molecular flexibility index (Phi) is 7.44. The van der Waals surface area contributed by atoms with Crippen LogP contribution in [0.3, 0.4) is 0 Å². The monoisotopic (exact) mass is 217 g/mol. The largest absolute Gasteiger partial charge is 0.490 e. The van der Waals surface area contributed by atoms with Crippen LogP contribution in [-0.4, -0.2) is 36.4 Å². The molecule has 0 radical (unpaired) electrons. The highest BCUT2D eigenvalue weighted by Gasteiger charge is 2.38. The van der Waals surface area contributed by atoms with Crippen LogP contribution in [0, 0.1) is 0 Å². The quantitative estimate of drug-likeness (QED) is 0.486. The Hall–Kier alpha value is -1.51. The van der Waals surface area contributed by atoms with Crippen LogP contribution < -0.4 is 16.8 Å². The number of rotatable bonds is 2. The number of primary amides is 1. The minimum absolute atomic E-state index is 0.433. The van der Waals surface area contributed by atoms with E-state index < -0.39 is 18.2 Å². The normalized spacial score (nSPS) is 9.71. The van der Waals surface area contributed by atoms with Crippen molar-refractivity contribution in [2.24, 2.45) is 11.5 Å². The van der Waals surface area contributed by atoms with Gasteiger partial charge in [0.25, 0.3) is 0 Å². The second-order valence-electron chi connectivity index (χ2n) is 1.88. The third-order valence-electron chi connectivity index (χ3n) is 0.686. The lowest BCUT2D eigenvalue weighted by Gasteiger charge is -1.93. The van der Waals surface area contributed by atoms with Gasteiger partial charge in [-0.15, -0.1) is 0 Å². The topological polar surface area (TPSA) is 118 Å². The third-order valence-corrected chi connectivity index (χ3v) is 0.686. The summed E-state index contributed by atoms with van der Waals surface area (Å²) >= 11 is 0. The van der Waals surface area contributed by atoms with Crippen LogP contribution >= 0.6 is 0 Å². The van der Waals surface area contributed by atoms with Crippen molar-refractivity contribution in [3.05, 3.63) is 0 Å². The molecule has 0 unspecified atom stereocenters. The van der Waals surface area contributed by atoms with Crippen LogP contribution in [0.25, 0.3) is 0 Å². The molecule has 9 heteroatoms. The minimum atomic E-state index is -5.08. The molecule has 0 aliphatic rings. The Balaban J connectivity index is 0. The molecule has 14 heavy (non-hydrogen) atoms. The number of urea groups is 1. The first kappa shape index (κ1) is 15.0. The Labute approximate surface area is 77.0 Å². The van der Waals surface area contributed by atoms with E-state index in [2.05, 4.69) is 11.1 Å². The van der Waals surface area contributed by atoms with Gasteiger partial charge in [-0.25, -0.2) is 9.59 Å². The standard InChI is InChI=1S/C3H9N3O.C2HF3O2/c4-1-2-6-3(5)7;3-2(4,5)1(6)7/h1-2,4H2,(H3,5,6,7);(H,6,7). The average Bonchev–Trinajstić information content (AvgIpc) is 2.00. The Morgan fingerprint density at radius 1 is 1.36 bits per heavy atom. The van der Waals surface area contributed by atoms with Crippen LogP contribution in [0.2, 0.25) is 0 Å². The summed E-state index contributed by atoms with van der Waals surface area (Å²) in [5.41, 5.74) is 9.68. The molecule has 0 atom stereocenters. The highest BCUT2D eigenvalue weighted by molar-refractivity contribution is 5.73. The number of carboxylic acids is 1. The summed E-state index contributed by atoms with van der Waals surface area (Å²) in [4.78, 5) is 18.7. The Bertz CT molecular complexity index is 194. The van der Waals surface area contributed by atoms with Crippen molar-refractivity contribution in [1.29, 1.82) is 0 Å². The van der Waals surface area contributed by atoms with Crippen molar-refractivity contribution in [3.63, 3.8) is 0 Å². The number of alkyl halides is 3. The molecule has 0 aliphatic carbocycles. The van der Waals surface area contributed by atoms with Crippen molar-refractivity contribution in [3.8, 4) is 0 Å². The maximum absolute atomic E-state index is 10.6. The van der Waals surface area contributed by atoms with E-state index >= 15 is 0 Å². The number of hydrogen-bond donors (Lipinski definition) is 4. The molecule has 0 bridgehead atoms. The molecule has 0 spiro atoms. The van der Waals surface area contributed by atoms with E-state index in [1.807, 2.05) is 0 Å². The molecule has 6 N–H and O–H groups in total. The summed E-state index contributed by atoms with van der Waals surface area (Å²) in [5.74, 6) is -2.76. The van der Waals surface area contributed by atoms with E-state index in [-0.39, 0.29) is 0 Å². The van der Waals surface area contributed by atoms with Gasteiger partial charge in [0.2, 0.25) is 0 Å².